The van der Waals surface area contributed by atoms with Gasteiger partial charge in [-0.3, -0.25) is 4.79 Å². The third-order valence-electron chi connectivity index (χ3n) is 2.78. The number of rotatable bonds is 6. The van der Waals surface area contributed by atoms with Gasteiger partial charge in [-0.25, -0.2) is 9.37 Å². The van der Waals surface area contributed by atoms with Crippen LogP contribution in [0.3, 0.4) is 0 Å². The summed E-state index contributed by atoms with van der Waals surface area (Å²) >= 11 is 0. The fourth-order valence-electron chi connectivity index (χ4n) is 1.78. The fourth-order valence-corrected chi connectivity index (χ4v) is 1.78. The molecular weight excluding hydrogens is 318 g/mol. The minimum Gasteiger partial charge on any atom is -0.362 e. The van der Waals surface area contributed by atoms with Crippen molar-refractivity contribution in [1.82, 2.24) is 14.9 Å². The Morgan fingerprint density at radius 3 is 2.74 bits per heavy atom. The van der Waals surface area contributed by atoms with Crippen molar-refractivity contribution in [3.63, 3.8) is 0 Å². The molecule has 0 unspecified atom stereocenters. The van der Waals surface area contributed by atoms with Crippen LogP contribution in [-0.2, 0) is 16.1 Å². The normalized spacial score (nSPS) is 11.5. The van der Waals surface area contributed by atoms with Crippen molar-refractivity contribution in [1.29, 1.82) is 0 Å². The van der Waals surface area contributed by atoms with Crippen LogP contribution in [0.5, 0.6) is 0 Å². The summed E-state index contributed by atoms with van der Waals surface area (Å²) in [6.45, 7) is -2.22. The maximum Gasteiger partial charge on any atom is 0.411 e. The number of carbonyl (C=O) groups is 1. The Bertz CT molecular complexity index is 657. The molecule has 0 saturated carbocycles. The number of imidazole rings is 1. The Balaban J connectivity index is 1.84. The van der Waals surface area contributed by atoms with Crippen molar-refractivity contribution < 1.29 is 27.1 Å². The number of benzene rings is 1. The van der Waals surface area contributed by atoms with E-state index in [-0.39, 0.29) is 6.54 Å². The van der Waals surface area contributed by atoms with Crippen molar-refractivity contribution in [2.45, 2.75) is 12.7 Å². The van der Waals surface area contributed by atoms with Gasteiger partial charge in [-0.2, -0.15) is 13.2 Å². The average molecular weight is 331 g/mol. The highest BCUT2D eigenvalue weighted by atomic mass is 19.4. The molecule has 0 aliphatic heterocycles. The molecule has 1 N–H and O–H groups in total. The number of nitrogens with one attached hydrogen (secondary N) is 1. The van der Waals surface area contributed by atoms with Gasteiger partial charge >= 0.3 is 6.18 Å². The second-order valence-corrected chi connectivity index (χ2v) is 4.64. The summed E-state index contributed by atoms with van der Waals surface area (Å²) in [5.74, 6) is -1.23. The van der Waals surface area contributed by atoms with Crippen molar-refractivity contribution in [2.75, 3.05) is 13.2 Å². The second-order valence-electron chi connectivity index (χ2n) is 4.64. The van der Waals surface area contributed by atoms with Crippen LogP contribution in [0.25, 0.3) is 5.69 Å². The van der Waals surface area contributed by atoms with E-state index in [1.165, 1.54) is 29.2 Å². The highest BCUT2D eigenvalue weighted by Crippen LogP contribution is 2.15. The molecule has 1 aromatic carbocycles. The van der Waals surface area contributed by atoms with Crippen molar-refractivity contribution >= 4 is 5.91 Å². The number of amides is 1. The van der Waals surface area contributed by atoms with Crippen molar-refractivity contribution in [3.8, 4) is 5.69 Å². The van der Waals surface area contributed by atoms with E-state index in [1.807, 2.05) is 0 Å². The average Bonchev–Trinajstić information content (AvgIpc) is 2.98. The Labute approximate surface area is 128 Å². The van der Waals surface area contributed by atoms with E-state index in [9.17, 15) is 22.4 Å². The smallest absolute Gasteiger partial charge is 0.362 e. The number of nitrogens with zero attached hydrogens (tertiary/aromatic N) is 2. The van der Waals surface area contributed by atoms with E-state index in [2.05, 4.69) is 15.0 Å². The van der Waals surface area contributed by atoms with Gasteiger partial charge in [0.1, 0.15) is 19.0 Å². The maximum absolute atomic E-state index is 14.0. The van der Waals surface area contributed by atoms with Crippen LogP contribution in [0, 0.1) is 5.82 Å². The lowest BCUT2D eigenvalue weighted by atomic mass is 10.2. The van der Waals surface area contributed by atoms with E-state index in [0.29, 0.717) is 11.3 Å². The highest BCUT2D eigenvalue weighted by molar-refractivity contribution is 5.77. The van der Waals surface area contributed by atoms with Crippen LogP contribution in [-0.4, -0.2) is 34.8 Å². The maximum atomic E-state index is 14.0. The standard InChI is InChI=1S/C14H13F4N3O2/c15-11-5-10(1-2-12(11)21-4-3-19-9-21)6-20-13(22)7-23-8-14(16,17)18/h1-5,9H,6-8H2,(H,20,22). The minimum absolute atomic E-state index is 0.0185. The largest absolute Gasteiger partial charge is 0.411 e. The molecular formula is C14H13F4N3O2. The van der Waals surface area contributed by atoms with Gasteiger partial charge in [0, 0.05) is 18.9 Å². The summed E-state index contributed by atoms with van der Waals surface area (Å²) in [5, 5.41) is 2.35. The van der Waals surface area contributed by atoms with Crippen molar-refractivity contribution in [2.24, 2.45) is 0 Å². The molecule has 0 fully saturated rings. The lowest BCUT2D eigenvalue weighted by Crippen LogP contribution is -2.29. The first-order valence-electron chi connectivity index (χ1n) is 6.53. The number of alkyl halides is 3. The van der Waals surface area contributed by atoms with Crippen LogP contribution in [0.2, 0.25) is 0 Å². The summed E-state index contributed by atoms with van der Waals surface area (Å²) < 4.78 is 55.2. The molecule has 0 bridgehead atoms. The molecule has 5 nitrogen and oxygen atoms in total. The van der Waals surface area contributed by atoms with Crippen LogP contribution >= 0.6 is 0 Å². The molecule has 2 rings (SSSR count). The van der Waals surface area contributed by atoms with E-state index in [1.54, 1.807) is 12.3 Å². The van der Waals surface area contributed by atoms with E-state index in [0.717, 1.165) is 0 Å². The molecule has 0 spiro atoms. The van der Waals surface area contributed by atoms with Gasteiger partial charge in [0.25, 0.3) is 0 Å². The van der Waals surface area contributed by atoms with Gasteiger partial charge in [0.2, 0.25) is 5.91 Å². The van der Waals surface area contributed by atoms with Crippen LogP contribution in [0.4, 0.5) is 17.6 Å². The van der Waals surface area contributed by atoms with E-state index < -0.39 is 31.1 Å². The quantitative estimate of drug-likeness (QED) is 0.826. The van der Waals surface area contributed by atoms with Gasteiger partial charge < -0.3 is 14.6 Å². The Morgan fingerprint density at radius 2 is 2.13 bits per heavy atom. The van der Waals surface area contributed by atoms with Gasteiger partial charge in [-0.15, -0.1) is 0 Å². The first-order chi connectivity index (χ1) is 10.8. The van der Waals surface area contributed by atoms with E-state index >= 15 is 0 Å². The molecule has 0 atom stereocenters. The minimum atomic E-state index is -4.48. The predicted molar refractivity (Wildman–Crippen MR) is 72.2 cm³/mol. The SMILES string of the molecule is O=C(COCC(F)(F)F)NCc1ccc(-n2ccnc2)c(F)c1. The Hall–Kier alpha value is -2.42. The summed E-state index contributed by atoms with van der Waals surface area (Å²) in [6, 6.07) is 4.33. The van der Waals surface area contributed by atoms with E-state index in [4.69, 9.17) is 0 Å². The second kappa shape index (κ2) is 7.23. The molecule has 0 saturated heterocycles. The molecule has 1 heterocycles. The van der Waals surface area contributed by atoms with Crippen LogP contribution in [0.1, 0.15) is 5.56 Å². The predicted octanol–water partition coefficient (Wildman–Crippen LogP) is 2.21. The lowest BCUT2D eigenvalue weighted by molar-refractivity contribution is -0.175. The number of hydrogen-bond donors (Lipinski definition) is 1. The molecule has 9 heteroatoms. The number of hydrogen-bond acceptors (Lipinski definition) is 3. The first-order valence-corrected chi connectivity index (χ1v) is 6.53. The van der Waals surface area contributed by atoms with Crippen LogP contribution in [0.15, 0.2) is 36.9 Å². The monoisotopic (exact) mass is 331 g/mol. The van der Waals surface area contributed by atoms with Gasteiger partial charge in [-0.05, 0) is 17.7 Å². The van der Waals surface area contributed by atoms with Crippen molar-refractivity contribution in [3.05, 3.63) is 48.3 Å². The number of carbonyl (C=O) groups excluding carboxylic acids is 1. The summed E-state index contributed by atoms with van der Waals surface area (Å²) in [6.07, 6.45) is 0.0524. The van der Waals surface area contributed by atoms with Gasteiger partial charge in [-0.1, -0.05) is 6.07 Å². The number of aromatic nitrogens is 2. The van der Waals surface area contributed by atoms with Gasteiger partial charge in [0.15, 0.2) is 0 Å². The zero-order chi connectivity index (χ0) is 16.9. The molecule has 124 valence electrons. The molecule has 0 aliphatic carbocycles. The third kappa shape index (κ3) is 5.37. The topological polar surface area (TPSA) is 56.1 Å². The first kappa shape index (κ1) is 16.9. The molecule has 1 aromatic heterocycles. The molecule has 0 radical (unpaired) electrons. The molecule has 2 aromatic rings. The summed E-state index contributed by atoms with van der Waals surface area (Å²) in [7, 11) is 0. The molecule has 23 heavy (non-hydrogen) atoms. The Morgan fingerprint density at radius 1 is 1.35 bits per heavy atom. The highest BCUT2D eigenvalue weighted by Gasteiger charge is 2.27. The van der Waals surface area contributed by atoms with Gasteiger partial charge in [0.05, 0.1) is 12.0 Å². The molecule has 0 aliphatic rings. The number of halogens is 4. The lowest BCUT2D eigenvalue weighted by Gasteiger charge is -2.09. The summed E-state index contributed by atoms with van der Waals surface area (Å²) in [5.41, 5.74) is 0.765. The summed E-state index contributed by atoms with van der Waals surface area (Å²) in [4.78, 5) is 15.1. The Kier molecular flexibility index (Phi) is 5.32. The molecule has 1 amide bonds. The third-order valence-corrected chi connectivity index (χ3v) is 2.78. The van der Waals surface area contributed by atoms with Crippen LogP contribution < -0.4 is 5.32 Å². The fraction of sp³-hybridized carbons (Fsp3) is 0.286. The number of ether oxygens (including phenoxy) is 1. The zero-order valence-electron chi connectivity index (χ0n) is 11.8. The zero-order valence-corrected chi connectivity index (χ0v) is 11.8.